The van der Waals surface area contributed by atoms with Crippen molar-refractivity contribution in [2.24, 2.45) is 4.99 Å². The van der Waals surface area contributed by atoms with Gasteiger partial charge in [-0.3, -0.25) is 4.99 Å². The second-order valence-electron chi connectivity index (χ2n) is 2.35. The molecule has 2 rings (SSSR count). The van der Waals surface area contributed by atoms with E-state index >= 15 is 0 Å². The monoisotopic (exact) mass is 258 g/mol. The minimum atomic E-state index is 0.840. The van der Waals surface area contributed by atoms with Crippen molar-refractivity contribution in [2.75, 3.05) is 11.9 Å². The van der Waals surface area contributed by atoms with Crippen molar-refractivity contribution < 1.29 is 0 Å². The van der Waals surface area contributed by atoms with Crippen LogP contribution >= 0.6 is 22.6 Å². The minimum Gasteiger partial charge on any atom is -0.378 e. The minimum absolute atomic E-state index is 0.840. The van der Waals surface area contributed by atoms with Crippen LogP contribution in [0.4, 0.5) is 11.4 Å². The number of hydrogen-bond donors (Lipinski definition) is 1. The lowest BCUT2D eigenvalue weighted by atomic mass is 10.2. The zero-order chi connectivity index (χ0) is 7.68. The molecule has 11 heavy (non-hydrogen) atoms. The summed E-state index contributed by atoms with van der Waals surface area (Å²) in [4.78, 5) is 4.24. The molecule has 0 amide bonds. The lowest BCUT2D eigenvalue weighted by Crippen LogP contribution is -2.06. The second-order valence-corrected chi connectivity index (χ2v) is 3.60. The van der Waals surface area contributed by atoms with Crippen LogP contribution in [0.25, 0.3) is 0 Å². The highest BCUT2D eigenvalue weighted by Gasteiger charge is 2.03. The van der Waals surface area contributed by atoms with Gasteiger partial charge >= 0.3 is 0 Å². The summed E-state index contributed by atoms with van der Waals surface area (Å²) < 4.78 is 1.24. The topological polar surface area (TPSA) is 24.4 Å². The summed E-state index contributed by atoms with van der Waals surface area (Å²) in [5, 5.41) is 3.25. The highest BCUT2D eigenvalue weighted by atomic mass is 127. The van der Waals surface area contributed by atoms with E-state index in [2.05, 4.69) is 45.0 Å². The van der Waals surface area contributed by atoms with Crippen molar-refractivity contribution in [3.05, 3.63) is 21.8 Å². The van der Waals surface area contributed by atoms with Gasteiger partial charge in [0.05, 0.1) is 17.9 Å². The number of nitrogens with zero attached hydrogens (tertiary/aromatic N) is 1. The summed E-state index contributed by atoms with van der Waals surface area (Å²) in [6, 6.07) is 6.19. The summed E-state index contributed by atoms with van der Waals surface area (Å²) in [5.41, 5.74) is 2.18. The van der Waals surface area contributed by atoms with Crippen LogP contribution in [0.5, 0.6) is 0 Å². The van der Waals surface area contributed by atoms with Gasteiger partial charge in [-0.25, -0.2) is 0 Å². The Kier molecular flexibility index (Phi) is 1.81. The normalized spacial score (nSPS) is 13.9. The van der Waals surface area contributed by atoms with Crippen molar-refractivity contribution in [2.45, 2.75) is 0 Å². The molecule has 56 valence electrons. The van der Waals surface area contributed by atoms with E-state index in [0.717, 1.165) is 17.9 Å². The van der Waals surface area contributed by atoms with Gasteiger partial charge in [0.15, 0.2) is 0 Å². The Morgan fingerprint density at radius 2 is 2.36 bits per heavy atom. The smallest absolute Gasteiger partial charge is 0.0858 e. The van der Waals surface area contributed by atoms with Gasteiger partial charge in [-0.2, -0.15) is 0 Å². The molecule has 0 aromatic heterocycles. The van der Waals surface area contributed by atoms with E-state index in [-0.39, 0.29) is 0 Å². The molecule has 1 aromatic rings. The second kappa shape index (κ2) is 2.81. The summed E-state index contributed by atoms with van der Waals surface area (Å²) in [6.07, 6.45) is 1.88. The molecule has 0 aliphatic carbocycles. The van der Waals surface area contributed by atoms with E-state index < -0.39 is 0 Å². The molecule has 0 saturated heterocycles. The van der Waals surface area contributed by atoms with Gasteiger partial charge in [-0.1, -0.05) is 0 Å². The van der Waals surface area contributed by atoms with Gasteiger partial charge in [0.1, 0.15) is 0 Å². The Balaban J connectivity index is 2.53. The van der Waals surface area contributed by atoms with Crippen LogP contribution in [0, 0.1) is 3.57 Å². The largest absolute Gasteiger partial charge is 0.378 e. The summed E-state index contributed by atoms with van der Waals surface area (Å²) >= 11 is 2.29. The van der Waals surface area contributed by atoms with E-state index in [9.17, 15) is 0 Å². The highest BCUT2D eigenvalue weighted by Crippen LogP contribution is 2.27. The molecule has 1 N–H and O–H groups in total. The molecule has 2 nitrogen and oxygen atoms in total. The fourth-order valence-electron chi connectivity index (χ4n) is 1.06. The maximum atomic E-state index is 4.24. The number of aliphatic imine (C=N–C) groups is 1. The van der Waals surface area contributed by atoms with E-state index in [4.69, 9.17) is 0 Å². The van der Waals surface area contributed by atoms with E-state index in [1.165, 1.54) is 3.57 Å². The van der Waals surface area contributed by atoms with Crippen LogP contribution < -0.4 is 5.32 Å². The van der Waals surface area contributed by atoms with Crippen molar-refractivity contribution in [1.29, 1.82) is 0 Å². The lowest BCUT2D eigenvalue weighted by Gasteiger charge is -2.11. The van der Waals surface area contributed by atoms with Crippen LogP contribution in [0.1, 0.15) is 0 Å². The average molecular weight is 258 g/mol. The van der Waals surface area contributed by atoms with Crippen molar-refractivity contribution >= 4 is 40.2 Å². The first-order valence-electron chi connectivity index (χ1n) is 3.42. The number of fused-ring (bicyclic) bond motifs is 1. The first kappa shape index (κ1) is 7.09. The van der Waals surface area contributed by atoms with Crippen LogP contribution in [-0.4, -0.2) is 12.8 Å². The predicted octanol–water partition coefficient (Wildman–Crippen LogP) is 2.42. The van der Waals surface area contributed by atoms with Gasteiger partial charge in [0.25, 0.3) is 0 Å². The third-order valence-electron chi connectivity index (χ3n) is 1.57. The molecule has 1 aliphatic rings. The molecule has 0 radical (unpaired) electrons. The predicted molar refractivity (Wildman–Crippen MR) is 55.8 cm³/mol. The zero-order valence-corrected chi connectivity index (χ0v) is 8.00. The van der Waals surface area contributed by atoms with Crippen molar-refractivity contribution in [3.8, 4) is 0 Å². The maximum absolute atomic E-state index is 4.24. The molecule has 1 aliphatic heterocycles. The first-order valence-corrected chi connectivity index (χ1v) is 4.50. The number of rotatable bonds is 0. The van der Waals surface area contributed by atoms with E-state index in [0.29, 0.717) is 0 Å². The van der Waals surface area contributed by atoms with Gasteiger partial charge in [0.2, 0.25) is 0 Å². The van der Waals surface area contributed by atoms with Gasteiger partial charge in [-0.15, -0.1) is 0 Å². The summed E-state index contributed by atoms with van der Waals surface area (Å²) in [6.45, 7) is 0.840. The Bertz CT molecular complexity index is 307. The van der Waals surface area contributed by atoms with Gasteiger partial charge in [0, 0.05) is 9.78 Å². The van der Waals surface area contributed by atoms with Gasteiger partial charge in [-0.05, 0) is 40.8 Å². The standard InChI is InChI=1S/C8H7IN2/c9-6-1-2-7-8(5-6)11-4-3-10-7/h1-3,5,11H,4H2. The Labute approximate surface area is 78.9 Å². The maximum Gasteiger partial charge on any atom is 0.0858 e. The molecule has 0 saturated carbocycles. The Hall–Kier alpha value is -0.580. The first-order chi connectivity index (χ1) is 5.36. The fraction of sp³-hybridized carbons (Fsp3) is 0.125. The molecule has 0 unspecified atom stereocenters. The lowest BCUT2D eigenvalue weighted by molar-refractivity contribution is 1.33. The van der Waals surface area contributed by atoms with Crippen LogP contribution in [0.15, 0.2) is 23.2 Å². The van der Waals surface area contributed by atoms with Crippen molar-refractivity contribution in [3.63, 3.8) is 0 Å². The molecule has 1 heterocycles. The molecule has 0 bridgehead atoms. The molecular weight excluding hydrogens is 251 g/mol. The number of anilines is 1. The quantitative estimate of drug-likeness (QED) is 0.710. The molecule has 1 aromatic carbocycles. The number of halogens is 1. The SMILES string of the molecule is Ic1ccc2c(c1)NCC=N2. The van der Waals surface area contributed by atoms with E-state index in [1.807, 2.05) is 12.3 Å². The molecule has 0 spiro atoms. The third kappa shape index (κ3) is 1.38. The molecule has 0 atom stereocenters. The fourth-order valence-corrected chi connectivity index (χ4v) is 1.55. The third-order valence-corrected chi connectivity index (χ3v) is 2.24. The van der Waals surface area contributed by atoms with Crippen LogP contribution in [0.3, 0.4) is 0 Å². The molecular formula is C8H7IN2. The summed E-state index contributed by atoms with van der Waals surface area (Å²) in [5.74, 6) is 0. The number of nitrogens with one attached hydrogen (secondary N) is 1. The Morgan fingerprint density at radius 3 is 3.27 bits per heavy atom. The molecule has 0 fully saturated rings. The number of benzene rings is 1. The highest BCUT2D eigenvalue weighted by molar-refractivity contribution is 14.1. The Morgan fingerprint density at radius 1 is 1.45 bits per heavy atom. The molecule has 3 heteroatoms. The zero-order valence-electron chi connectivity index (χ0n) is 5.84. The summed E-state index contributed by atoms with van der Waals surface area (Å²) in [7, 11) is 0. The van der Waals surface area contributed by atoms with Crippen LogP contribution in [-0.2, 0) is 0 Å². The van der Waals surface area contributed by atoms with E-state index in [1.54, 1.807) is 0 Å². The van der Waals surface area contributed by atoms with Gasteiger partial charge < -0.3 is 5.32 Å². The number of hydrogen-bond acceptors (Lipinski definition) is 2. The average Bonchev–Trinajstić information content (AvgIpc) is 2.04. The van der Waals surface area contributed by atoms with Crippen LogP contribution in [0.2, 0.25) is 0 Å². The van der Waals surface area contributed by atoms with Crippen molar-refractivity contribution in [1.82, 2.24) is 0 Å².